The molecule has 0 unspecified atom stereocenters. The molecule has 0 spiro atoms. The van der Waals surface area contributed by atoms with E-state index >= 15 is 0 Å². The molecule has 0 radical (unpaired) electrons. The van der Waals surface area contributed by atoms with E-state index in [9.17, 15) is 13.2 Å². The van der Waals surface area contributed by atoms with E-state index in [0.29, 0.717) is 18.7 Å². The fraction of sp³-hybridized carbons (Fsp3) is 0.350. The van der Waals surface area contributed by atoms with Crippen LogP contribution in [0.25, 0.3) is 0 Å². The molecule has 0 amide bonds. The van der Waals surface area contributed by atoms with Crippen molar-refractivity contribution in [1.29, 1.82) is 0 Å². The lowest BCUT2D eigenvalue weighted by atomic mass is 10.2. The van der Waals surface area contributed by atoms with Crippen LogP contribution >= 0.6 is 0 Å². The minimum atomic E-state index is -3.79. The van der Waals surface area contributed by atoms with Crippen LogP contribution in [0, 0.1) is 0 Å². The molecular formula is C20H23NO5S. The van der Waals surface area contributed by atoms with Gasteiger partial charge in [0.2, 0.25) is 0 Å². The van der Waals surface area contributed by atoms with Crippen molar-refractivity contribution in [2.24, 2.45) is 0 Å². The molecule has 3 rings (SSSR count). The first-order chi connectivity index (χ1) is 13.0. The minimum Gasteiger partial charge on any atom is -0.496 e. The normalized spacial score (nSPS) is 13.3. The third-order valence-electron chi connectivity index (χ3n) is 4.55. The largest absolute Gasteiger partial charge is 0.496 e. The van der Waals surface area contributed by atoms with Crippen LogP contribution in [0.15, 0.2) is 47.4 Å². The quantitative estimate of drug-likeness (QED) is 0.536. The molecule has 1 aliphatic heterocycles. The monoisotopic (exact) mass is 389 g/mol. The van der Waals surface area contributed by atoms with E-state index in [2.05, 4.69) is 0 Å². The standard InChI is InChI=1S/C20H23NO5S/c1-3-4-13-26-20(22)17-14-16(9-10-19(17)25-2)27(23,24)21-12-11-15-7-5-6-8-18(15)21/h5-10,14H,3-4,11-13H2,1-2H3. The van der Waals surface area contributed by atoms with Gasteiger partial charge in [0.1, 0.15) is 11.3 Å². The second-order valence-electron chi connectivity index (χ2n) is 6.31. The van der Waals surface area contributed by atoms with Crippen molar-refractivity contribution < 1.29 is 22.7 Å². The Morgan fingerprint density at radius 3 is 2.70 bits per heavy atom. The summed E-state index contributed by atoms with van der Waals surface area (Å²) in [5, 5.41) is 0. The Kier molecular flexibility index (Phi) is 5.70. The number of anilines is 1. The molecule has 0 aromatic heterocycles. The average molecular weight is 389 g/mol. The summed E-state index contributed by atoms with van der Waals surface area (Å²) in [5.41, 5.74) is 1.79. The molecule has 0 bridgehead atoms. The van der Waals surface area contributed by atoms with Crippen LogP contribution in [-0.4, -0.2) is 34.6 Å². The number of fused-ring (bicyclic) bond motifs is 1. The summed E-state index contributed by atoms with van der Waals surface area (Å²) < 4.78 is 38.2. The maximum absolute atomic E-state index is 13.2. The molecule has 0 N–H and O–H groups in total. The lowest BCUT2D eigenvalue weighted by Crippen LogP contribution is -2.29. The fourth-order valence-corrected chi connectivity index (χ4v) is 4.61. The first kappa shape index (κ1) is 19.2. The lowest BCUT2D eigenvalue weighted by Gasteiger charge is -2.20. The summed E-state index contributed by atoms with van der Waals surface area (Å²) >= 11 is 0. The maximum atomic E-state index is 13.2. The molecule has 2 aromatic carbocycles. The van der Waals surface area contributed by atoms with Gasteiger partial charge in [-0.05, 0) is 42.7 Å². The molecule has 0 fully saturated rings. The van der Waals surface area contributed by atoms with Gasteiger partial charge in [0.15, 0.2) is 0 Å². The van der Waals surface area contributed by atoms with E-state index in [0.717, 1.165) is 18.4 Å². The number of carbonyl (C=O) groups excluding carboxylic acids is 1. The number of nitrogens with zero attached hydrogens (tertiary/aromatic N) is 1. The van der Waals surface area contributed by atoms with Gasteiger partial charge in [-0.2, -0.15) is 0 Å². The molecule has 1 heterocycles. The summed E-state index contributed by atoms with van der Waals surface area (Å²) in [7, 11) is -2.35. The molecule has 0 atom stereocenters. The van der Waals surface area contributed by atoms with Crippen molar-refractivity contribution in [1.82, 2.24) is 0 Å². The zero-order valence-corrected chi connectivity index (χ0v) is 16.3. The summed E-state index contributed by atoms with van der Waals surface area (Å²) in [6.07, 6.45) is 2.31. The predicted molar refractivity (Wildman–Crippen MR) is 103 cm³/mol. The first-order valence-corrected chi connectivity index (χ1v) is 10.4. The van der Waals surface area contributed by atoms with Crippen molar-refractivity contribution in [3.8, 4) is 5.75 Å². The Morgan fingerprint density at radius 2 is 1.96 bits per heavy atom. The SMILES string of the molecule is CCCCOC(=O)c1cc(S(=O)(=O)N2CCc3ccccc32)ccc1OC. The first-order valence-electron chi connectivity index (χ1n) is 8.95. The highest BCUT2D eigenvalue weighted by Crippen LogP contribution is 2.34. The topological polar surface area (TPSA) is 72.9 Å². The Hall–Kier alpha value is -2.54. The second-order valence-corrected chi connectivity index (χ2v) is 8.17. The Balaban J connectivity index is 1.95. The number of carbonyl (C=O) groups is 1. The number of hydrogen-bond acceptors (Lipinski definition) is 5. The zero-order valence-electron chi connectivity index (χ0n) is 15.5. The molecule has 6 nitrogen and oxygen atoms in total. The van der Waals surface area contributed by atoms with Crippen molar-refractivity contribution in [2.75, 3.05) is 24.6 Å². The van der Waals surface area contributed by atoms with Crippen LogP contribution in [-0.2, 0) is 21.2 Å². The molecule has 0 saturated heterocycles. The number of ether oxygens (including phenoxy) is 2. The van der Waals surface area contributed by atoms with E-state index in [4.69, 9.17) is 9.47 Å². The van der Waals surface area contributed by atoms with E-state index in [1.54, 1.807) is 6.07 Å². The molecule has 0 saturated carbocycles. The summed E-state index contributed by atoms with van der Waals surface area (Å²) in [6, 6.07) is 11.7. The van der Waals surface area contributed by atoms with E-state index in [1.807, 2.05) is 25.1 Å². The highest BCUT2D eigenvalue weighted by Gasteiger charge is 2.31. The van der Waals surface area contributed by atoms with Gasteiger partial charge >= 0.3 is 5.97 Å². The number of unbranched alkanes of at least 4 members (excludes halogenated alkanes) is 1. The molecule has 144 valence electrons. The van der Waals surface area contributed by atoms with E-state index in [-0.39, 0.29) is 22.8 Å². The highest BCUT2D eigenvalue weighted by atomic mass is 32.2. The zero-order chi connectivity index (χ0) is 19.4. The molecule has 0 aliphatic carbocycles. The van der Waals surface area contributed by atoms with Crippen LogP contribution in [0.3, 0.4) is 0 Å². The van der Waals surface area contributed by atoms with Gasteiger partial charge in [0, 0.05) is 6.54 Å². The summed E-state index contributed by atoms with van der Waals surface area (Å²) in [6.45, 7) is 2.66. The summed E-state index contributed by atoms with van der Waals surface area (Å²) in [4.78, 5) is 12.4. The number of sulfonamides is 1. The van der Waals surface area contributed by atoms with E-state index < -0.39 is 16.0 Å². The Morgan fingerprint density at radius 1 is 1.19 bits per heavy atom. The van der Waals surface area contributed by atoms with Gasteiger partial charge in [0.25, 0.3) is 10.0 Å². The van der Waals surface area contributed by atoms with Crippen molar-refractivity contribution in [3.63, 3.8) is 0 Å². The summed E-state index contributed by atoms with van der Waals surface area (Å²) in [5.74, 6) is -0.295. The van der Waals surface area contributed by atoms with Crippen LogP contribution in [0.2, 0.25) is 0 Å². The number of esters is 1. The van der Waals surface area contributed by atoms with Gasteiger partial charge in [-0.15, -0.1) is 0 Å². The van der Waals surface area contributed by atoms with Crippen molar-refractivity contribution >= 4 is 21.7 Å². The van der Waals surface area contributed by atoms with Gasteiger partial charge in [0.05, 0.1) is 24.3 Å². The Labute approximate surface area is 159 Å². The van der Waals surface area contributed by atoms with Crippen molar-refractivity contribution in [2.45, 2.75) is 31.1 Å². The minimum absolute atomic E-state index is 0.0439. The molecular weight excluding hydrogens is 366 g/mol. The number of para-hydroxylation sites is 1. The fourth-order valence-electron chi connectivity index (χ4n) is 3.08. The van der Waals surface area contributed by atoms with Crippen LogP contribution in [0.4, 0.5) is 5.69 Å². The lowest BCUT2D eigenvalue weighted by molar-refractivity contribution is 0.0496. The maximum Gasteiger partial charge on any atom is 0.341 e. The highest BCUT2D eigenvalue weighted by molar-refractivity contribution is 7.92. The second kappa shape index (κ2) is 8.00. The van der Waals surface area contributed by atoms with E-state index in [1.165, 1.54) is 29.6 Å². The molecule has 1 aliphatic rings. The molecule has 2 aromatic rings. The number of rotatable bonds is 7. The number of hydrogen-bond donors (Lipinski definition) is 0. The van der Waals surface area contributed by atoms with Gasteiger partial charge in [-0.25, -0.2) is 13.2 Å². The number of methoxy groups -OCH3 is 1. The smallest absolute Gasteiger partial charge is 0.341 e. The van der Waals surface area contributed by atoms with Crippen LogP contribution in [0.1, 0.15) is 35.7 Å². The van der Waals surface area contributed by atoms with Gasteiger partial charge in [-0.3, -0.25) is 4.31 Å². The molecule has 27 heavy (non-hydrogen) atoms. The Bertz CT molecular complexity index is 939. The van der Waals surface area contributed by atoms with Crippen LogP contribution in [0.5, 0.6) is 5.75 Å². The third-order valence-corrected chi connectivity index (χ3v) is 6.36. The third kappa shape index (κ3) is 3.78. The number of benzene rings is 2. The van der Waals surface area contributed by atoms with Crippen LogP contribution < -0.4 is 9.04 Å². The van der Waals surface area contributed by atoms with Crippen molar-refractivity contribution in [3.05, 3.63) is 53.6 Å². The average Bonchev–Trinajstić information content (AvgIpc) is 3.12. The predicted octanol–water partition coefficient (Wildman–Crippen LogP) is 3.40. The molecule has 7 heteroatoms. The van der Waals surface area contributed by atoms with Gasteiger partial charge < -0.3 is 9.47 Å². The van der Waals surface area contributed by atoms with Gasteiger partial charge in [-0.1, -0.05) is 31.5 Å².